The van der Waals surface area contributed by atoms with Crippen LogP contribution in [0.5, 0.6) is 5.75 Å². The number of carbonyl (C=O) groups is 1. The highest BCUT2D eigenvalue weighted by Crippen LogP contribution is 2.86. The number of benzene rings is 1. The molecular formula is C23H29ClN2O2. The van der Waals surface area contributed by atoms with E-state index in [9.17, 15) is 4.79 Å². The smallest absolute Gasteiger partial charge is 0.252 e. The summed E-state index contributed by atoms with van der Waals surface area (Å²) in [6.07, 6.45) is 9.37. The molecule has 6 unspecified atom stereocenters. The van der Waals surface area contributed by atoms with Crippen molar-refractivity contribution in [1.29, 1.82) is 0 Å². The van der Waals surface area contributed by atoms with Crippen LogP contribution in [0.2, 0.25) is 5.02 Å². The summed E-state index contributed by atoms with van der Waals surface area (Å²) in [5, 5.41) is 7.08. The minimum atomic E-state index is -0.0382. The standard InChI is InChI=1S/C23H29ClN2O2/c24-20-8-17(28-18-2-1-5-25-12-18)3-4-19(20)21(27)26-13-22-9-14-6-15-7-16(11-22)23(15,22)10-14/h3-4,8,14-16,18,25H,1-2,5-7,9-13H2,(H,26,27). The van der Waals surface area contributed by atoms with Crippen molar-refractivity contribution < 1.29 is 9.53 Å². The maximum absolute atomic E-state index is 12.8. The van der Waals surface area contributed by atoms with Gasteiger partial charge < -0.3 is 15.4 Å². The number of piperidine rings is 1. The fourth-order valence-electron chi connectivity index (χ4n) is 7.92. The number of amides is 1. The zero-order valence-electron chi connectivity index (χ0n) is 16.3. The summed E-state index contributed by atoms with van der Waals surface area (Å²) in [6.45, 7) is 2.76. The van der Waals surface area contributed by atoms with E-state index >= 15 is 0 Å². The van der Waals surface area contributed by atoms with E-state index in [4.69, 9.17) is 16.3 Å². The van der Waals surface area contributed by atoms with Gasteiger partial charge in [0.2, 0.25) is 0 Å². The van der Waals surface area contributed by atoms with Crippen LogP contribution in [0.25, 0.3) is 0 Å². The molecular weight excluding hydrogens is 372 g/mol. The van der Waals surface area contributed by atoms with Gasteiger partial charge >= 0.3 is 0 Å². The lowest BCUT2D eigenvalue weighted by molar-refractivity contribution is -0.240. The van der Waals surface area contributed by atoms with E-state index < -0.39 is 0 Å². The minimum absolute atomic E-state index is 0.0382. The second kappa shape index (κ2) is 6.12. The third-order valence-corrected chi connectivity index (χ3v) is 9.21. The number of ether oxygens (including phenoxy) is 1. The lowest BCUT2D eigenvalue weighted by Crippen LogP contribution is -2.69. The molecule has 5 heteroatoms. The van der Waals surface area contributed by atoms with E-state index in [1.165, 1.54) is 32.1 Å². The van der Waals surface area contributed by atoms with Gasteiger partial charge in [-0.25, -0.2) is 0 Å². The third kappa shape index (κ3) is 2.31. The molecule has 1 saturated heterocycles. The lowest BCUT2D eigenvalue weighted by Gasteiger charge is -2.73. The van der Waals surface area contributed by atoms with Crippen molar-refractivity contribution in [3.8, 4) is 5.75 Å². The molecule has 1 aromatic carbocycles. The van der Waals surface area contributed by atoms with Crippen LogP contribution in [0.3, 0.4) is 0 Å². The van der Waals surface area contributed by atoms with Crippen LogP contribution >= 0.6 is 11.6 Å². The molecule has 1 aliphatic heterocycles. The van der Waals surface area contributed by atoms with Gasteiger partial charge in [-0.2, -0.15) is 0 Å². The Balaban J connectivity index is 1.11. The third-order valence-electron chi connectivity index (χ3n) is 8.90. The molecule has 1 amide bonds. The fourth-order valence-corrected chi connectivity index (χ4v) is 8.18. The number of hydrogen-bond acceptors (Lipinski definition) is 3. The van der Waals surface area contributed by atoms with Crippen LogP contribution in [0, 0.1) is 28.6 Å². The number of rotatable bonds is 5. The van der Waals surface area contributed by atoms with Gasteiger partial charge in [-0.3, -0.25) is 4.79 Å². The van der Waals surface area contributed by atoms with Crippen LogP contribution in [-0.2, 0) is 0 Å². The molecule has 0 radical (unpaired) electrons. The Hall–Kier alpha value is -1.26. The number of hydrogen-bond donors (Lipinski definition) is 2. The van der Waals surface area contributed by atoms with Crippen LogP contribution in [0.1, 0.15) is 55.3 Å². The molecule has 1 spiro atoms. The second-order valence-corrected chi connectivity index (χ2v) is 10.5. The molecule has 6 atom stereocenters. The average molecular weight is 401 g/mol. The van der Waals surface area contributed by atoms with Crippen molar-refractivity contribution >= 4 is 17.5 Å². The van der Waals surface area contributed by atoms with E-state index in [0.29, 0.717) is 21.4 Å². The van der Waals surface area contributed by atoms with Crippen LogP contribution in [0.4, 0.5) is 0 Å². The maximum Gasteiger partial charge on any atom is 0.252 e. The van der Waals surface area contributed by atoms with Gasteiger partial charge in [-0.05, 0) is 98.3 Å². The molecule has 4 aliphatic carbocycles. The summed E-state index contributed by atoms with van der Waals surface area (Å²) in [7, 11) is 0. The Morgan fingerprint density at radius 3 is 2.93 bits per heavy atom. The number of nitrogens with one attached hydrogen (secondary N) is 2. The van der Waals surface area contributed by atoms with Gasteiger partial charge in [0, 0.05) is 13.1 Å². The molecule has 4 nitrogen and oxygen atoms in total. The Kier molecular flexibility index (Phi) is 3.84. The first-order chi connectivity index (χ1) is 13.6. The molecule has 0 aromatic heterocycles. The predicted molar refractivity (Wildman–Crippen MR) is 109 cm³/mol. The second-order valence-electron chi connectivity index (χ2n) is 10.1. The average Bonchev–Trinajstić information content (AvgIpc) is 3.16. The van der Waals surface area contributed by atoms with Gasteiger partial charge in [0.15, 0.2) is 0 Å². The van der Waals surface area contributed by atoms with E-state index in [0.717, 1.165) is 56.0 Å². The van der Waals surface area contributed by atoms with Crippen molar-refractivity contribution in [2.75, 3.05) is 19.6 Å². The van der Waals surface area contributed by atoms with Crippen molar-refractivity contribution in [3.05, 3.63) is 28.8 Å². The Morgan fingerprint density at radius 1 is 1.25 bits per heavy atom. The fraction of sp³-hybridized carbons (Fsp3) is 0.696. The van der Waals surface area contributed by atoms with E-state index in [2.05, 4.69) is 10.6 Å². The van der Waals surface area contributed by atoms with Crippen molar-refractivity contribution in [3.63, 3.8) is 0 Å². The molecule has 1 heterocycles. The molecule has 5 fully saturated rings. The molecule has 6 rings (SSSR count). The molecule has 4 saturated carbocycles. The summed E-state index contributed by atoms with van der Waals surface area (Å²) < 4.78 is 6.02. The lowest BCUT2D eigenvalue weighted by atomic mass is 9.32. The van der Waals surface area contributed by atoms with Crippen molar-refractivity contribution in [2.45, 2.75) is 51.0 Å². The zero-order chi connectivity index (χ0) is 18.9. The molecule has 1 aromatic rings. The first-order valence-corrected chi connectivity index (χ1v) is 11.4. The highest BCUT2D eigenvalue weighted by Gasteiger charge is 2.79. The number of halogens is 1. The van der Waals surface area contributed by atoms with Gasteiger partial charge in [0.1, 0.15) is 11.9 Å². The predicted octanol–water partition coefficient (Wildman–Crippen LogP) is 4.03. The highest BCUT2D eigenvalue weighted by atomic mass is 35.5. The Labute approximate surface area is 171 Å². The van der Waals surface area contributed by atoms with Gasteiger partial charge in [0.25, 0.3) is 5.91 Å². The number of carbonyl (C=O) groups excluding carboxylic acids is 1. The molecule has 2 bridgehead atoms. The molecule has 28 heavy (non-hydrogen) atoms. The quantitative estimate of drug-likeness (QED) is 0.784. The molecule has 2 N–H and O–H groups in total. The summed E-state index contributed by atoms with van der Waals surface area (Å²) in [5.41, 5.74) is 1.55. The first-order valence-electron chi connectivity index (χ1n) is 11.0. The summed E-state index contributed by atoms with van der Waals surface area (Å²) in [6, 6.07) is 5.49. The van der Waals surface area contributed by atoms with Gasteiger partial charge in [-0.15, -0.1) is 0 Å². The minimum Gasteiger partial charge on any atom is -0.489 e. The first kappa shape index (κ1) is 17.6. The highest BCUT2D eigenvalue weighted by molar-refractivity contribution is 6.34. The van der Waals surface area contributed by atoms with Gasteiger partial charge in [-0.1, -0.05) is 11.6 Å². The van der Waals surface area contributed by atoms with Crippen LogP contribution in [0.15, 0.2) is 18.2 Å². The maximum atomic E-state index is 12.8. The van der Waals surface area contributed by atoms with E-state index in [1.807, 2.05) is 12.1 Å². The van der Waals surface area contributed by atoms with E-state index in [-0.39, 0.29) is 12.0 Å². The Morgan fingerprint density at radius 2 is 2.18 bits per heavy atom. The molecule has 5 aliphatic rings. The number of fused-ring (bicyclic) bond motifs is 1. The summed E-state index contributed by atoms with van der Waals surface area (Å²) in [5.74, 6) is 3.54. The van der Waals surface area contributed by atoms with E-state index in [1.54, 1.807) is 6.07 Å². The van der Waals surface area contributed by atoms with Gasteiger partial charge in [0.05, 0.1) is 10.6 Å². The van der Waals surface area contributed by atoms with Crippen molar-refractivity contribution in [1.82, 2.24) is 10.6 Å². The zero-order valence-corrected chi connectivity index (χ0v) is 17.1. The molecule has 150 valence electrons. The summed E-state index contributed by atoms with van der Waals surface area (Å²) >= 11 is 6.45. The van der Waals surface area contributed by atoms with Crippen molar-refractivity contribution in [2.24, 2.45) is 28.6 Å². The monoisotopic (exact) mass is 400 g/mol. The van der Waals surface area contributed by atoms with Crippen LogP contribution < -0.4 is 15.4 Å². The van der Waals surface area contributed by atoms with Crippen LogP contribution in [-0.4, -0.2) is 31.6 Å². The Bertz CT molecular complexity index is 823. The normalized spacial score (nSPS) is 42.3. The SMILES string of the molecule is O=C(NCC12CC3CC4CC(C1)C42C3)c1ccc(OC2CCCNC2)cc1Cl. The topological polar surface area (TPSA) is 50.4 Å². The summed E-state index contributed by atoms with van der Waals surface area (Å²) in [4.78, 5) is 12.8. The largest absolute Gasteiger partial charge is 0.489 e.